The molecule has 35 heavy (non-hydrogen) atoms. The van der Waals surface area contributed by atoms with Crippen molar-refractivity contribution < 1.29 is 17.6 Å². The second-order valence-corrected chi connectivity index (χ2v) is 10.1. The Morgan fingerprint density at radius 2 is 1.74 bits per heavy atom. The fourth-order valence-electron chi connectivity index (χ4n) is 4.05. The average Bonchev–Trinajstić information content (AvgIpc) is 3.30. The Balaban J connectivity index is 1.33. The first-order chi connectivity index (χ1) is 16.9. The number of amides is 1. The molecular formula is C26H23FN4O3S. The summed E-state index contributed by atoms with van der Waals surface area (Å²) in [6.07, 6.45) is 5.29. The molecule has 0 fully saturated rings. The van der Waals surface area contributed by atoms with Crippen LogP contribution in [0.5, 0.6) is 0 Å². The SMILES string of the molecule is O=C(Nc1cccc(-c2cn3c(n2)CCCC3)c1)c1cccc(S(=O)(=O)Nc2ccc(F)cc2)c1. The molecule has 0 unspecified atom stereocenters. The Labute approximate surface area is 202 Å². The highest BCUT2D eigenvalue weighted by Gasteiger charge is 2.18. The minimum absolute atomic E-state index is 0.0770. The number of rotatable bonds is 6. The van der Waals surface area contributed by atoms with Crippen molar-refractivity contribution in [2.45, 2.75) is 30.7 Å². The Hall–Kier alpha value is -3.98. The Morgan fingerprint density at radius 1 is 0.943 bits per heavy atom. The first-order valence-electron chi connectivity index (χ1n) is 11.2. The summed E-state index contributed by atoms with van der Waals surface area (Å²) in [6, 6.07) is 18.1. The molecule has 0 saturated heterocycles. The molecule has 2 N–H and O–H groups in total. The third kappa shape index (κ3) is 5.09. The van der Waals surface area contributed by atoms with Gasteiger partial charge in [0.1, 0.15) is 11.6 Å². The molecule has 4 aromatic rings. The molecule has 1 aliphatic rings. The van der Waals surface area contributed by atoms with E-state index in [4.69, 9.17) is 4.98 Å². The van der Waals surface area contributed by atoms with Crippen molar-refractivity contribution >= 4 is 27.3 Å². The largest absolute Gasteiger partial charge is 0.334 e. The third-order valence-electron chi connectivity index (χ3n) is 5.83. The van der Waals surface area contributed by atoms with E-state index < -0.39 is 21.7 Å². The number of aryl methyl sites for hydroxylation is 2. The van der Waals surface area contributed by atoms with E-state index in [2.05, 4.69) is 14.6 Å². The normalized spacial score (nSPS) is 13.2. The van der Waals surface area contributed by atoms with E-state index in [1.807, 2.05) is 24.4 Å². The van der Waals surface area contributed by atoms with Crippen molar-refractivity contribution in [3.8, 4) is 11.3 Å². The van der Waals surface area contributed by atoms with Crippen LogP contribution < -0.4 is 10.0 Å². The summed E-state index contributed by atoms with van der Waals surface area (Å²) in [5.41, 5.74) is 2.74. The maximum absolute atomic E-state index is 13.1. The first kappa shape index (κ1) is 22.8. The molecule has 0 aliphatic carbocycles. The summed E-state index contributed by atoms with van der Waals surface area (Å²) >= 11 is 0. The minimum atomic E-state index is -3.96. The van der Waals surface area contributed by atoms with Gasteiger partial charge < -0.3 is 9.88 Å². The van der Waals surface area contributed by atoms with Gasteiger partial charge in [0.25, 0.3) is 15.9 Å². The zero-order valence-electron chi connectivity index (χ0n) is 18.7. The van der Waals surface area contributed by atoms with Crippen LogP contribution in [0.25, 0.3) is 11.3 Å². The highest BCUT2D eigenvalue weighted by Crippen LogP contribution is 2.25. The molecule has 178 valence electrons. The van der Waals surface area contributed by atoms with Crippen LogP contribution >= 0.6 is 0 Å². The maximum atomic E-state index is 13.1. The standard InChI is InChI=1S/C26H23FN4O3S/c27-20-10-12-21(13-11-20)30-35(33,34)23-8-4-6-19(16-23)26(32)28-22-7-3-5-18(15-22)24-17-31-14-2-1-9-25(31)29-24/h3-8,10-13,15-17,30H,1-2,9,14H2,(H,28,32). The van der Waals surface area contributed by atoms with E-state index in [0.717, 1.165) is 55.0 Å². The lowest BCUT2D eigenvalue weighted by molar-refractivity contribution is 0.102. The number of fused-ring (bicyclic) bond motifs is 1. The van der Waals surface area contributed by atoms with Gasteiger partial charge in [0.15, 0.2) is 0 Å². The van der Waals surface area contributed by atoms with Crippen LogP contribution in [0, 0.1) is 5.82 Å². The van der Waals surface area contributed by atoms with E-state index in [1.165, 1.54) is 30.3 Å². The van der Waals surface area contributed by atoms with Crippen molar-refractivity contribution in [2.24, 2.45) is 0 Å². The van der Waals surface area contributed by atoms with Crippen molar-refractivity contribution in [2.75, 3.05) is 10.0 Å². The molecule has 7 nitrogen and oxygen atoms in total. The fourth-order valence-corrected chi connectivity index (χ4v) is 5.15. The second kappa shape index (κ2) is 9.34. The first-order valence-corrected chi connectivity index (χ1v) is 12.7. The van der Waals surface area contributed by atoms with Crippen LogP contribution in [-0.4, -0.2) is 23.9 Å². The topological polar surface area (TPSA) is 93.1 Å². The highest BCUT2D eigenvalue weighted by molar-refractivity contribution is 7.92. The van der Waals surface area contributed by atoms with E-state index in [1.54, 1.807) is 12.1 Å². The van der Waals surface area contributed by atoms with Gasteiger partial charge in [-0.15, -0.1) is 0 Å². The number of benzene rings is 3. The molecule has 1 aliphatic heterocycles. The van der Waals surface area contributed by atoms with Gasteiger partial charge >= 0.3 is 0 Å². The number of aromatic nitrogens is 2. The molecule has 9 heteroatoms. The lowest BCUT2D eigenvalue weighted by atomic mass is 10.1. The van der Waals surface area contributed by atoms with Gasteiger partial charge in [0.2, 0.25) is 0 Å². The van der Waals surface area contributed by atoms with E-state index in [-0.39, 0.29) is 16.1 Å². The molecule has 0 spiro atoms. The molecule has 5 rings (SSSR count). The monoisotopic (exact) mass is 490 g/mol. The summed E-state index contributed by atoms with van der Waals surface area (Å²) < 4.78 is 43.2. The fraction of sp³-hybridized carbons (Fsp3) is 0.154. The lowest BCUT2D eigenvalue weighted by Gasteiger charge is -2.11. The van der Waals surface area contributed by atoms with Crippen molar-refractivity contribution in [3.63, 3.8) is 0 Å². The number of sulfonamides is 1. The molecule has 1 aromatic heterocycles. The summed E-state index contributed by atoms with van der Waals surface area (Å²) in [5, 5.41) is 2.83. The number of carbonyl (C=O) groups is 1. The Bertz CT molecular complexity index is 1470. The zero-order chi connectivity index (χ0) is 24.4. The van der Waals surface area contributed by atoms with Gasteiger partial charge in [-0.25, -0.2) is 17.8 Å². The van der Waals surface area contributed by atoms with Crippen LogP contribution in [0.15, 0.2) is 83.9 Å². The molecular weight excluding hydrogens is 467 g/mol. The minimum Gasteiger partial charge on any atom is -0.334 e. The Morgan fingerprint density at radius 3 is 2.54 bits per heavy atom. The van der Waals surface area contributed by atoms with Gasteiger partial charge in [0.05, 0.1) is 10.6 Å². The molecule has 0 saturated carbocycles. The number of anilines is 2. The van der Waals surface area contributed by atoms with Gasteiger partial charge in [0, 0.05) is 41.7 Å². The molecule has 1 amide bonds. The van der Waals surface area contributed by atoms with E-state index in [9.17, 15) is 17.6 Å². The predicted molar refractivity (Wildman–Crippen MR) is 132 cm³/mol. The van der Waals surface area contributed by atoms with E-state index in [0.29, 0.717) is 5.69 Å². The molecule has 0 bridgehead atoms. The van der Waals surface area contributed by atoms with Crippen LogP contribution in [0.3, 0.4) is 0 Å². The number of halogens is 1. The smallest absolute Gasteiger partial charge is 0.261 e. The van der Waals surface area contributed by atoms with Gasteiger partial charge in [-0.3, -0.25) is 9.52 Å². The van der Waals surface area contributed by atoms with Crippen LogP contribution in [0.4, 0.5) is 15.8 Å². The van der Waals surface area contributed by atoms with Crippen molar-refractivity contribution in [1.82, 2.24) is 9.55 Å². The summed E-state index contributed by atoms with van der Waals surface area (Å²) in [5.74, 6) is 0.168. The van der Waals surface area contributed by atoms with Crippen LogP contribution in [0.1, 0.15) is 29.0 Å². The number of hydrogen-bond donors (Lipinski definition) is 2. The molecule has 2 heterocycles. The highest BCUT2D eigenvalue weighted by atomic mass is 32.2. The molecule has 0 radical (unpaired) electrons. The summed E-state index contributed by atoms with van der Waals surface area (Å²) in [4.78, 5) is 17.6. The number of carbonyl (C=O) groups excluding carboxylic acids is 1. The number of nitrogens with one attached hydrogen (secondary N) is 2. The zero-order valence-corrected chi connectivity index (χ0v) is 19.6. The van der Waals surface area contributed by atoms with Gasteiger partial charge in [-0.2, -0.15) is 0 Å². The van der Waals surface area contributed by atoms with Crippen LogP contribution in [-0.2, 0) is 23.0 Å². The quantitative estimate of drug-likeness (QED) is 0.394. The maximum Gasteiger partial charge on any atom is 0.261 e. The Kier molecular flexibility index (Phi) is 6.08. The van der Waals surface area contributed by atoms with E-state index >= 15 is 0 Å². The van der Waals surface area contributed by atoms with Crippen molar-refractivity contribution in [3.05, 3.63) is 96.2 Å². The van der Waals surface area contributed by atoms with Crippen molar-refractivity contribution in [1.29, 1.82) is 0 Å². The predicted octanol–water partition coefficient (Wildman–Crippen LogP) is 5.08. The number of nitrogens with zero attached hydrogens (tertiary/aromatic N) is 2. The third-order valence-corrected chi connectivity index (χ3v) is 7.21. The lowest BCUT2D eigenvalue weighted by Crippen LogP contribution is -2.16. The average molecular weight is 491 g/mol. The molecule has 3 aromatic carbocycles. The summed E-state index contributed by atoms with van der Waals surface area (Å²) in [6.45, 7) is 0.966. The number of hydrogen-bond acceptors (Lipinski definition) is 4. The molecule has 0 atom stereocenters. The summed E-state index contributed by atoms with van der Waals surface area (Å²) in [7, 11) is -3.96. The number of imidazole rings is 1. The second-order valence-electron chi connectivity index (χ2n) is 8.37. The van der Waals surface area contributed by atoms with Gasteiger partial charge in [-0.05, 0) is 67.4 Å². The van der Waals surface area contributed by atoms with Gasteiger partial charge in [-0.1, -0.05) is 18.2 Å². The van der Waals surface area contributed by atoms with Crippen LogP contribution in [0.2, 0.25) is 0 Å².